The number of hydrogen-bond donors (Lipinski definition) is 2. The molecule has 0 saturated heterocycles. The minimum atomic E-state index is 0. The lowest BCUT2D eigenvalue weighted by molar-refractivity contribution is 0.414. The Bertz CT molecular complexity index is 615. The molecule has 2 N–H and O–H groups in total. The molecule has 0 bridgehead atoms. The number of rotatable bonds is 5. The van der Waals surface area contributed by atoms with Crippen molar-refractivity contribution in [3.63, 3.8) is 0 Å². The van der Waals surface area contributed by atoms with Crippen LogP contribution in [0.4, 0.5) is 0 Å². The Morgan fingerprint density at radius 1 is 1.32 bits per heavy atom. The number of benzene rings is 1. The third-order valence-electron chi connectivity index (χ3n) is 3.08. The van der Waals surface area contributed by atoms with E-state index in [0.717, 1.165) is 29.5 Å². The fourth-order valence-electron chi connectivity index (χ4n) is 1.85. The van der Waals surface area contributed by atoms with Crippen molar-refractivity contribution in [3.8, 4) is 5.75 Å². The van der Waals surface area contributed by atoms with E-state index in [0.29, 0.717) is 6.54 Å². The van der Waals surface area contributed by atoms with E-state index in [4.69, 9.17) is 4.74 Å². The summed E-state index contributed by atoms with van der Waals surface area (Å²) in [6.45, 7) is 3.44. The average Bonchev–Trinajstić information content (AvgIpc) is 2.93. The Hall–Kier alpha value is -1.35. The van der Waals surface area contributed by atoms with E-state index < -0.39 is 0 Å². The number of guanidine groups is 1. The van der Waals surface area contributed by atoms with Crippen LogP contribution in [0.1, 0.15) is 16.1 Å². The van der Waals surface area contributed by atoms with Gasteiger partial charge in [0, 0.05) is 18.5 Å². The van der Waals surface area contributed by atoms with Gasteiger partial charge in [-0.05, 0) is 24.6 Å². The van der Waals surface area contributed by atoms with Crippen LogP contribution in [-0.4, -0.2) is 25.1 Å². The molecule has 1 aromatic carbocycles. The highest BCUT2D eigenvalue weighted by atomic mass is 127. The van der Waals surface area contributed by atoms with E-state index in [2.05, 4.69) is 26.7 Å². The molecule has 0 aliphatic rings. The van der Waals surface area contributed by atoms with Gasteiger partial charge in [0.25, 0.3) is 0 Å². The number of aromatic nitrogens is 1. The smallest absolute Gasteiger partial charge is 0.191 e. The second kappa shape index (κ2) is 9.62. The maximum Gasteiger partial charge on any atom is 0.191 e. The van der Waals surface area contributed by atoms with E-state index in [1.165, 1.54) is 4.88 Å². The zero-order chi connectivity index (χ0) is 15.1. The number of aryl methyl sites for hydroxylation is 1. The zero-order valence-corrected chi connectivity index (χ0v) is 16.1. The molecule has 0 aliphatic heterocycles. The second-order valence-corrected chi connectivity index (χ2v) is 5.43. The first-order valence-electron chi connectivity index (χ1n) is 6.69. The van der Waals surface area contributed by atoms with Crippen molar-refractivity contribution in [2.45, 2.75) is 20.0 Å². The second-order valence-electron chi connectivity index (χ2n) is 4.49. The summed E-state index contributed by atoms with van der Waals surface area (Å²) in [4.78, 5) is 9.68. The molecule has 120 valence electrons. The summed E-state index contributed by atoms with van der Waals surface area (Å²) >= 11 is 1.65. The highest BCUT2D eigenvalue weighted by molar-refractivity contribution is 14.0. The number of methoxy groups -OCH3 is 1. The monoisotopic (exact) mass is 432 g/mol. The van der Waals surface area contributed by atoms with E-state index in [1.54, 1.807) is 25.5 Å². The molecule has 0 aliphatic carbocycles. The van der Waals surface area contributed by atoms with Gasteiger partial charge in [-0.15, -0.1) is 35.3 Å². The standard InChI is InChI=1S/C15H20N4OS.HI/c1-11-14(21-10-19-11)9-18-15(16-2)17-8-12-5-4-6-13(7-12)20-3;/h4-7,10H,8-9H2,1-3H3,(H2,16,17,18);1H. The average molecular weight is 432 g/mol. The first kappa shape index (κ1) is 18.7. The van der Waals surface area contributed by atoms with Crippen LogP contribution >= 0.6 is 35.3 Å². The van der Waals surface area contributed by atoms with Crippen LogP contribution in [0.15, 0.2) is 34.8 Å². The van der Waals surface area contributed by atoms with Crippen molar-refractivity contribution >= 4 is 41.3 Å². The third-order valence-corrected chi connectivity index (χ3v) is 4.01. The number of halogens is 1. The Balaban J connectivity index is 0.00000242. The van der Waals surface area contributed by atoms with E-state index in [9.17, 15) is 0 Å². The molecule has 0 amide bonds. The summed E-state index contributed by atoms with van der Waals surface area (Å²) in [6.07, 6.45) is 0. The molecule has 0 saturated carbocycles. The molecule has 7 heteroatoms. The molecular formula is C15H21IN4OS. The number of nitrogens with zero attached hydrogens (tertiary/aromatic N) is 2. The maximum atomic E-state index is 5.22. The minimum Gasteiger partial charge on any atom is -0.497 e. The van der Waals surface area contributed by atoms with Crippen LogP contribution in [0.5, 0.6) is 5.75 Å². The van der Waals surface area contributed by atoms with Gasteiger partial charge in [0.1, 0.15) is 5.75 Å². The fraction of sp³-hybridized carbons (Fsp3) is 0.333. The summed E-state index contributed by atoms with van der Waals surface area (Å²) in [5, 5.41) is 6.58. The number of nitrogens with one attached hydrogen (secondary N) is 2. The number of thiazole rings is 1. The van der Waals surface area contributed by atoms with E-state index in [1.807, 2.05) is 30.6 Å². The molecule has 0 fully saturated rings. The highest BCUT2D eigenvalue weighted by Gasteiger charge is 2.03. The van der Waals surface area contributed by atoms with Crippen molar-refractivity contribution in [1.29, 1.82) is 0 Å². The normalized spacial score (nSPS) is 10.8. The molecule has 0 radical (unpaired) electrons. The Morgan fingerprint density at radius 2 is 2.09 bits per heavy atom. The molecule has 0 spiro atoms. The predicted molar refractivity (Wildman–Crippen MR) is 102 cm³/mol. The largest absolute Gasteiger partial charge is 0.497 e. The summed E-state index contributed by atoms with van der Waals surface area (Å²) in [5.41, 5.74) is 4.07. The molecule has 0 atom stereocenters. The van der Waals surface area contributed by atoms with Crippen molar-refractivity contribution in [2.24, 2.45) is 4.99 Å². The van der Waals surface area contributed by atoms with Gasteiger partial charge in [0.05, 0.1) is 24.9 Å². The van der Waals surface area contributed by atoms with Crippen LogP contribution in [-0.2, 0) is 13.1 Å². The predicted octanol–water partition coefficient (Wildman–Crippen LogP) is 2.94. The van der Waals surface area contributed by atoms with Crippen LogP contribution in [0.2, 0.25) is 0 Å². The van der Waals surface area contributed by atoms with Crippen LogP contribution in [0, 0.1) is 6.92 Å². The Labute approximate surface area is 152 Å². The highest BCUT2D eigenvalue weighted by Crippen LogP contribution is 2.12. The van der Waals surface area contributed by atoms with Gasteiger partial charge in [-0.25, -0.2) is 4.98 Å². The van der Waals surface area contributed by atoms with Gasteiger partial charge in [-0.1, -0.05) is 12.1 Å². The molecule has 22 heavy (non-hydrogen) atoms. The Morgan fingerprint density at radius 3 is 2.73 bits per heavy atom. The first-order chi connectivity index (χ1) is 10.2. The summed E-state index contributed by atoms with van der Waals surface area (Å²) in [7, 11) is 3.44. The molecule has 2 aromatic rings. The minimum absolute atomic E-state index is 0. The SMILES string of the molecule is CN=C(NCc1cccc(OC)c1)NCc1scnc1C.I. The Kier molecular flexibility index (Phi) is 8.18. The van der Waals surface area contributed by atoms with Crippen molar-refractivity contribution in [2.75, 3.05) is 14.2 Å². The maximum absolute atomic E-state index is 5.22. The molecule has 5 nitrogen and oxygen atoms in total. The molecular weight excluding hydrogens is 411 g/mol. The summed E-state index contributed by atoms with van der Waals surface area (Å²) in [5.74, 6) is 1.63. The molecule has 2 rings (SSSR count). The summed E-state index contributed by atoms with van der Waals surface area (Å²) < 4.78 is 5.22. The van der Waals surface area contributed by atoms with Crippen molar-refractivity contribution in [3.05, 3.63) is 45.9 Å². The number of ether oxygens (including phenoxy) is 1. The molecule has 1 heterocycles. The molecule has 0 unspecified atom stereocenters. The number of aliphatic imine (C=N–C) groups is 1. The van der Waals surface area contributed by atoms with Gasteiger partial charge >= 0.3 is 0 Å². The van der Waals surface area contributed by atoms with E-state index >= 15 is 0 Å². The zero-order valence-electron chi connectivity index (χ0n) is 12.9. The lowest BCUT2D eigenvalue weighted by atomic mass is 10.2. The van der Waals surface area contributed by atoms with Gasteiger partial charge in [-0.2, -0.15) is 0 Å². The van der Waals surface area contributed by atoms with Gasteiger partial charge in [0.15, 0.2) is 5.96 Å². The van der Waals surface area contributed by atoms with Crippen molar-refractivity contribution in [1.82, 2.24) is 15.6 Å². The van der Waals surface area contributed by atoms with Crippen LogP contribution in [0.25, 0.3) is 0 Å². The lowest BCUT2D eigenvalue weighted by Crippen LogP contribution is -2.36. The van der Waals surface area contributed by atoms with Gasteiger partial charge < -0.3 is 15.4 Å². The first-order valence-corrected chi connectivity index (χ1v) is 7.57. The van der Waals surface area contributed by atoms with Crippen molar-refractivity contribution < 1.29 is 4.74 Å². The van der Waals surface area contributed by atoms with Gasteiger partial charge in [0.2, 0.25) is 0 Å². The summed E-state index contributed by atoms with van der Waals surface area (Å²) in [6, 6.07) is 7.97. The topological polar surface area (TPSA) is 58.5 Å². The third kappa shape index (κ3) is 5.45. The van der Waals surface area contributed by atoms with E-state index in [-0.39, 0.29) is 24.0 Å². The van der Waals surface area contributed by atoms with Crippen LogP contribution < -0.4 is 15.4 Å². The van der Waals surface area contributed by atoms with Crippen LogP contribution in [0.3, 0.4) is 0 Å². The molecule has 1 aromatic heterocycles. The lowest BCUT2D eigenvalue weighted by Gasteiger charge is -2.12. The van der Waals surface area contributed by atoms with Gasteiger partial charge in [-0.3, -0.25) is 4.99 Å². The quantitative estimate of drug-likeness (QED) is 0.434. The number of hydrogen-bond acceptors (Lipinski definition) is 4. The fourth-order valence-corrected chi connectivity index (χ4v) is 2.57.